The third kappa shape index (κ3) is 2.93. The number of rotatable bonds is 3. The Morgan fingerprint density at radius 3 is 2.80 bits per heavy atom. The predicted molar refractivity (Wildman–Crippen MR) is 54.6 cm³/mol. The second kappa shape index (κ2) is 4.62. The molecule has 1 saturated heterocycles. The molecule has 2 atom stereocenters. The number of nitrogens with one attached hydrogen (secondary N) is 1. The van der Waals surface area contributed by atoms with Crippen molar-refractivity contribution in [1.82, 2.24) is 5.32 Å². The van der Waals surface area contributed by atoms with E-state index in [1.807, 2.05) is 0 Å². The van der Waals surface area contributed by atoms with Gasteiger partial charge in [0.1, 0.15) is 5.92 Å². The topological polar surface area (TPSA) is 87.0 Å². The first-order valence-corrected chi connectivity index (χ1v) is 6.58. The zero-order valence-corrected chi connectivity index (χ0v) is 9.38. The predicted octanol–water partition coefficient (Wildman–Crippen LogP) is -0.161. The Morgan fingerprint density at radius 1 is 1.67 bits per heavy atom. The Balaban J connectivity index is 2.45. The SMILES string of the molecule is CC(C#N)C(=O)NCC1CCCS1(=O)=O. The molecule has 0 aliphatic carbocycles. The molecule has 0 bridgehead atoms. The highest BCUT2D eigenvalue weighted by Gasteiger charge is 2.31. The maximum absolute atomic E-state index is 11.4. The van der Waals surface area contributed by atoms with Gasteiger partial charge in [0.2, 0.25) is 5.91 Å². The van der Waals surface area contributed by atoms with Crippen molar-refractivity contribution in [2.45, 2.75) is 25.0 Å². The number of carbonyl (C=O) groups excluding carboxylic acids is 1. The van der Waals surface area contributed by atoms with Gasteiger partial charge in [-0.15, -0.1) is 0 Å². The molecular weight excluding hydrogens is 216 g/mol. The summed E-state index contributed by atoms with van der Waals surface area (Å²) in [5.74, 6) is -0.921. The van der Waals surface area contributed by atoms with E-state index in [1.165, 1.54) is 6.92 Å². The first kappa shape index (κ1) is 12.0. The van der Waals surface area contributed by atoms with Crippen molar-refractivity contribution >= 4 is 15.7 Å². The molecule has 0 aromatic heterocycles. The molecule has 1 heterocycles. The van der Waals surface area contributed by atoms with Crippen LogP contribution < -0.4 is 5.32 Å². The van der Waals surface area contributed by atoms with Gasteiger partial charge in [-0.3, -0.25) is 4.79 Å². The molecule has 1 aliphatic heterocycles. The van der Waals surface area contributed by atoms with Crippen LogP contribution >= 0.6 is 0 Å². The lowest BCUT2D eigenvalue weighted by Crippen LogP contribution is -2.37. The van der Waals surface area contributed by atoms with Gasteiger partial charge in [0.05, 0.1) is 17.1 Å². The summed E-state index contributed by atoms with van der Waals surface area (Å²) in [4.78, 5) is 11.2. The van der Waals surface area contributed by atoms with E-state index in [4.69, 9.17) is 5.26 Å². The standard InChI is InChI=1S/C9H14N2O3S/c1-7(5-10)9(12)11-6-8-3-2-4-15(8,13)14/h7-8H,2-4,6H2,1H3,(H,11,12). The number of hydrogen-bond acceptors (Lipinski definition) is 4. The van der Waals surface area contributed by atoms with Crippen molar-refractivity contribution in [2.24, 2.45) is 5.92 Å². The Labute approximate surface area is 89.4 Å². The molecule has 1 fully saturated rings. The molecule has 1 amide bonds. The van der Waals surface area contributed by atoms with Crippen LogP contribution in [0.4, 0.5) is 0 Å². The van der Waals surface area contributed by atoms with E-state index < -0.39 is 26.9 Å². The third-order valence-corrected chi connectivity index (χ3v) is 4.83. The minimum atomic E-state index is -3.01. The van der Waals surface area contributed by atoms with Crippen LogP contribution in [0, 0.1) is 17.2 Å². The van der Waals surface area contributed by atoms with E-state index in [2.05, 4.69) is 5.32 Å². The van der Waals surface area contributed by atoms with E-state index in [0.717, 1.165) is 0 Å². The summed E-state index contributed by atoms with van der Waals surface area (Å²) in [7, 11) is -3.01. The van der Waals surface area contributed by atoms with Gasteiger partial charge < -0.3 is 5.32 Å². The summed E-state index contributed by atoms with van der Waals surface area (Å²) in [6.45, 7) is 1.62. The van der Waals surface area contributed by atoms with E-state index in [9.17, 15) is 13.2 Å². The highest BCUT2D eigenvalue weighted by molar-refractivity contribution is 7.92. The smallest absolute Gasteiger partial charge is 0.237 e. The lowest BCUT2D eigenvalue weighted by Gasteiger charge is -2.11. The molecule has 0 saturated carbocycles. The number of nitriles is 1. The van der Waals surface area contributed by atoms with Crippen LogP contribution in [0.3, 0.4) is 0 Å². The molecule has 1 aliphatic rings. The Bertz CT molecular complexity index is 383. The fraction of sp³-hybridized carbons (Fsp3) is 0.778. The Hall–Kier alpha value is -1.09. The molecule has 1 N–H and O–H groups in total. The van der Waals surface area contributed by atoms with Gasteiger partial charge in [0, 0.05) is 6.54 Å². The van der Waals surface area contributed by atoms with Crippen LogP contribution in [-0.2, 0) is 14.6 Å². The Kier molecular flexibility index (Phi) is 3.69. The molecule has 0 aromatic carbocycles. The second-order valence-corrected chi connectivity index (χ2v) is 6.13. The van der Waals surface area contributed by atoms with Crippen molar-refractivity contribution in [3.05, 3.63) is 0 Å². The number of nitrogens with zero attached hydrogens (tertiary/aromatic N) is 1. The maximum Gasteiger partial charge on any atom is 0.237 e. The fourth-order valence-corrected chi connectivity index (χ4v) is 3.28. The summed E-state index contributed by atoms with van der Waals surface area (Å²) < 4.78 is 22.8. The Morgan fingerprint density at radius 2 is 2.33 bits per heavy atom. The van der Waals surface area contributed by atoms with Crippen molar-refractivity contribution in [3.8, 4) is 6.07 Å². The van der Waals surface area contributed by atoms with Crippen LogP contribution in [-0.4, -0.2) is 31.9 Å². The molecular formula is C9H14N2O3S. The normalized spacial score (nSPS) is 25.5. The van der Waals surface area contributed by atoms with Gasteiger partial charge >= 0.3 is 0 Å². The van der Waals surface area contributed by atoms with Crippen LogP contribution in [0.5, 0.6) is 0 Å². The van der Waals surface area contributed by atoms with Gasteiger partial charge in [-0.05, 0) is 19.8 Å². The molecule has 6 heteroatoms. The van der Waals surface area contributed by atoms with Crippen LogP contribution in [0.15, 0.2) is 0 Å². The zero-order chi connectivity index (χ0) is 11.5. The molecule has 5 nitrogen and oxygen atoms in total. The van der Waals surface area contributed by atoms with E-state index in [1.54, 1.807) is 6.07 Å². The molecule has 0 spiro atoms. The minimum Gasteiger partial charge on any atom is -0.354 e. The lowest BCUT2D eigenvalue weighted by atomic mass is 10.2. The average molecular weight is 230 g/mol. The largest absolute Gasteiger partial charge is 0.354 e. The van der Waals surface area contributed by atoms with Gasteiger partial charge in [-0.2, -0.15) is 5.26 Å². The minimum absolute atomic E-state index is 0.132. The maximum atomic E-state index is 11.4. The van der Waals surface area contributed by atoms with Crippen LogP contribution in [0.25, 0.3) is 0 Å². The monoisotopic (exact) mass is 230 g/mol. The number of sulfone groups is 1. The van der Waals surface area contributed by atoms with Crippen molar-refractivity contribution in [1.29, 1.82) is 5.26 Å². The average Bonchev–Trinajstić information content (AvgIpc) is 2.53. The third-order valence-electron chi connectivity index (χ3n) is 2.55. The highest BCUT2D eigenvalue weighted by atomic mass is 32.2. The molecule has 84 valence electrons. The van der Waals surface area contributed by atoms with Gasteiger partial charge in [-0.1, -0.05) is 0 Å². The van der Waals surface area contributed by atoms with Crippen LogP contribution in [0.1, 0.15) is 19.8 Å². The summed E-state index contributed by atoms with van der Waals surface area (Å²) in [6, 6.07) is 1.80. The molecule has 0 aromatic rings. The molecule has 0 radical (unpaired) electrons. The van der Waals surface area contributed by atoms with E-state index in [-0.39, 0.29) is 12.3 Å². The summed E-state index contributed by atoms with van der Waals surface area (Å²) in [5.41, 5.74) is 0. The van der Waals surface area contributed by atoms with Gasteiger partial charge in [0.15, 0.2) is 9.84 Å². The molecule has 2 unspecified atom stereocenters. The number of carbonyl (C=O) groups is 1. The summed E-state index contributed by atoms with van der Waals surface area (Å²) in [5, 5.41) is 10.5. The second-order valence-electron chi connectivity index (χ2n) is 3.73. The van der Waals surface area contributed by atoms with E-state index in [0.29, 0.717) is 12.8 Å². The summed E-state index contributed by atoms with van der Waals surface area (Å²) >= 11 is 0. The van der Waals surface area contributed by atoms with Gasteiger partial charge in [0.25, 0.3) is 0 Å². The fourth-order valence-electron chi connectivity index (χ4n) is 1.51. The van der Waals surface area contributed by atoms with Crippen LogP contribution in [0.2, 0.25) is 0 Å². The quantitative estimate of drug-likeness (QED) is 0.729. The molecule has 15 heavy (non-hydrogen) atoms. The molecule has 1 rings (SSSR count). The first-order chi connectivity index (χ1) is 6.97. The highest BCUT2D eigenvalue weighted by Crippen LogP contribution is 2.19. The number of hydrogen-bond donors (Lipinski definition) is 1. The summed E-state index contributed by atoms with van der Waals surface area (Å²) in [6.07, 6.45) is 1.26. The van der Waals surface area contributed by atoms with Crippen molar-refractivity contribution in [3.63, 3.8) is 0 Å². The zero-order valence-electron chi connectivity index (χ0n) is 8.56. The van der Waals surface area contributed by atoms with Gasteiger partial charge in [-0.25, -0.2) is 8.42 Å². The van der Waals surface area contributed by atoms with E-state index >= 15 is 0 Å². The van der Waals surface area contributed by atoms with Crippen molar-refractivity contribution < 1.29 is 13.2 Å². The first-order valence-electron chi connectivity index (χ1n) is 4.86. The van der Waals surface area contributed by atoms with Crippen molar-refractivity contribution in [2.75, 3.05) is 12.3 Å². The lowest BCUT2D eigenvalue weighted by molar-refractivity contribution is -0.122. The number of amides is 1.